The third kappa shape index (κ3) is 5.75. The highest BCUT2D eigenvalue weighted by Gasteiger charge is 2.31. The lowest BCUT2D eigenvalue weighted by atomic mass is 10.1. The molecule has 1 aliphatic rings. The molecule has 0 aliphatic carbocycles. The lowest BCUT2D eigenvalue weighted by molar-refractivity contribution is -0.116. The number of fused-ring (bicyclic) bond motifs is 1. The van der Waals surface area contributed by atoms with Crippen LogP contribution in [0.25, 0.3) is 0 Å². The Morgan fingerprint density at radius 3 is 2.39 bits per heavy atom. The monoisotopic (exact) mass is 475 g/mol. The van der Waals surface area contributed by atoms with Crippen molar-refractivity contribution in [2.45, 2.75) is 39.3 Å². The number of nitrogens with one attached hydrogen (secondary N) is 2. The van der Waals surface area contributed by atoms with Gasteiger partial charge < -0.3 is 20.1 Å². The summed E-state index contributed by atoms with van der Waals surface area (Å²) in [5.74, 6) is 0.0164. The van der Waals surface area contributed by atoms with Crippen molar-refractivity contribution in [2.24, 2.45) is 0 Å². The van der Waals surface area contributed by atoms with Gasteiger partial charge in [0, 0.05) is 12.1 Å². The van der Waals surface area contributed by atoms with E-state index in [0.717, 1.165) is 17.0 Å². The Hall–Kier alpha value is -3.27. The number of rotatable bonds is 8. The van der Waals surface area contributed by atoms with Gasteiger partial charge in [-0.1, -0.05) is 19.1 Å². The van der Waals surface area contributed by atoms with Crippen molar-refractivity contribution in [3.8, 4) is 11.5 Å². The molecule has 0 spiro atoms. The predicted molar refractivity (Wildman–Crippen MR) is 127 cm³/mol. The summed E-state index contributed by atoms with van der Waals surface area (Å²) in [4.78, 5) is 25.8. The van der Waals surface area contributed by atoms with E-state index in [9.17, 15) is 18.0 Å². The van der Waals surface area contributed by atoms with Gasteiger partial charge in [-0.3, -0.25) is 13.9 Å². The van der Waals surface area contributed by atoms with Crippen LogP contribution in [0.4, 0.5) is 11.4 Å². The Kier molecular flexibility index (Phi) is 7.47. The number of hydrogen-bond donors (Lipinski definition) is 2. The number of carbonyl (C=O) groups is 2. The maximum Gasteiger partial charge on any atom is 0.253 e. The Bertz CT molecular complexity index is 1130. The zero-order valence-corrected chi connectivity index (χ0v) is 19.9. The first-order valence-corrected chi connectivity index (χ1v) is 12.6. The molecular weight excluding hydrogens is 446 g/mol. The maximum atomic E-state index is 13.1. The highest BCUT2D eigenvalue weighted by Crippen LogP contribution is 2.35. The largest absolute Gasteiger partial charge is 0.486 e. The van der Waals surface area contributed by atoms with Gasteiger partial charge in [-0.15, -0.1) is 0 Å². The smallest absolute Gasteiger partial charge is 0.253 e. The van der Waals surface area contributed by atoms with Crippen molar-refractivity contribution in [3.05, 3.63) is 48.0 Å². The Morgan fingerprint density at radius 2 is 1.73 bits per heavy atom. The fourth-order valence-corrected chi connectivity index (χ4v) is 4.58. The van der Waals surface area contributed by atoms with Crippen molar-refractivity contribution in [3.63, 3.8) is 0 Å². The van der Waals surface area contributed by atoms with Crippen LogP contribution in [0, 0.1) is 0 Å². The zero-order chi connectivity index (χ0) is 24.2. The zero-order valence-electron chi connectivity index (χ0n) is 19.1. The third-order valence-corrected chi connectivity index (χ3v) is 6.53. The van der Waals surface area contributed by atoms with Crippen LogP contribution in [0.2, 0.25) is 0 Å². The molecule has 0 saturated heterocycles. The molecule has 33 heavy (non-hydrogen) atoms. The first kappa shape index (κ1) is 24.4. The molecule has 2 N–H and O–H groups in total. The molecule has 3 rings (SSSR count). The van der Waals surface area contributed by atoms with Gasteiger partial charge >= 0.3 is 0 Å². The first-order chi connectivity index (χ1) is 15.6. The number of ether oxygens (including phenoxy) is 2. The number of nitrogens with zero attached hydrogens (tertiary/aromatic N) is 1. The molecule has 0 saturated carbocycles. The van der Waals surface area contributed by atoms with Gasteiger partial charge in [0.25, 0.3) is 5.91 Å². The van der Waals surface area contributed by atoms with Gasteiger partial charge in [0.1, 0.15) is 19.3 Å². The maximum absolute atomic E-state index is 13.1. The summed E-state index contributed by atoms with van der Waals surface area (Å²) in [7, 11) is -3.83. The quantitative estimate of drug-likeness (QED) is 0.607. The molecule has 0 fully saturated rings. The van der Waals surface area contributed by atoms with Crippen LogP contribution in [-0.2, 0) is 14.8 Å². The minimum Gasteiger partial charge on any atom is -0.486 e. The molecule has 1 aliphatic heterocycles. The van der Waals surface area contributed by atoms with E-state index in [0.29, 0.717) is 36.0 Å². The van der Waals surface area contributed by atoms with Gasteiger partial charge in [0.2, 0.25) is 15.9 Å². The van der Waals surface area contributed by atoms with Crippen molar-refractivity contribution in [1.29, 1.82) is 0 Å². The normalized spacial score (nSPS) is 14.7. The lowest BCUT2D eigenvalue weighted by Crippen LogP contribution is -2.45. The van der Waals surface area contributed by atoms with Crippen molar-refractivity contribution >= 4 is 33.2 Å². The van der Waals surface area contributed by atoms with Gasteiger partial charge in [-0.05, 0) is 44.5 Å². The number of hydrogen-bond acceptors (Lipinski definition) is 6. The minimum absolute atomic E-state index is 0.0314. The van der Waals surface area contributed by atoms with Gasteiger partial charge in [-0.2, -0.15) is 0 Å². The van der Waals surface area contributed by atoms with Crippen LogP contribution >= 0.6 is 0 Å². The summed E-state index contributed by atoms with van der Waals surface area (Å²) in [5, 5.41) is 5.57. The number of para-hydroxylation sites is 1. The molecule has 0 unspecified atom stereocenters. The molecular formula is C23H29N3O6S. The molecule has 9 nitrogen and oxygen atoms in total. The molecule has 10 heteroatoms. The van der Waals surface area contributed by atoms with Crippen LogP contribution in [-0.4, -0.2) is 51.8 Å². The average Bonchev–Trinajstić information content (AvgIpc) is 2.78. The van der Waals surface area contributed by atoms with Gasteiger partial charge in [0.15, 0.2) is 11.5 Å². The Labute approximate surface area is 194 Å². The molecule has 2 amide bonds. The molecule has 0 aromatic heterocycles. The summed E-state index contributed by atoms with van der Waals surface area (Å²) in [5.41, 5.74) is 0.863. The molecule has 1 heterocycles. The van der Waals surface area contributed by atoms with Crippen LogP contribution in [0.3, 0.4) is 0 Å². The standard InChI is InChI=1S/C23H29N3O6S/c1-5-15(2)24-23(28)18-8-6-7-9-19(18)25-22(27)16(3)26(33(4,29)30)17-10-11-20-21(14-17)32-13-12-31-20/h6-11,14-16H,5,12-13H2,1-4H3,(H,24,28)(H,25,27)/t15-,16+/m1/s1. The van der Waals surface area contributed by atoms with E-state index in [4.69, 9.17) is 9.47 Å². The summed E-state index contributed by atoms with van der Waals surface area (Å²) < 4.78 is 37.3. The van der Waals surface area contributed by atoms with Crippen LogP contribution < -0.4 is 24.4 Å². The second kappa shape index (κ2) is 10.1. The van der Waals surface area contributed by atoms with E-state index < -0.39 is 22.0 Å². The van der Waals surface area contributed by atoms with Crippen molar-refractivity contribution in [1.82, 2.24) is 5.32 Å². The van der Waals surface area contributed by atoms with Crippen molar-refractivity contribution < 1.29 is 27.5 Å². The van der Waals surface area contributed by atoms with Crippen LogP contribution in [0.5, 0.6) is 11.5 Å². The highest BCUT2D eigenvalue weighted by atomic mass is 32.2. The molecule has 0 bridgehead atoms. The first-order valence-electron chi connectivity index (χ1n) is 10.7. The van der Waals surface area contributed by atoms with E-state index in [1.165, 1.54) is 13.0 Å². The summed E-state index contributed by atoms with van der Waals surface area (Å²) in [6, 6.07) is 10.2. The van der Waals surface area contributed by atoms with E-state index in [1.54, 1.807) is 36.4 Å². The summed E-state index contributed by atoms with van der Waals surface area (Å²) in [6.45, 7) is 6.08. The number of benzene rings is 2. The SMILES string of the molecule is CC[C@@H](C)NC(=O)c1ccccc1NC(=O)[C@H](C)N(c1ccc2c(c1)OCCO2)S(C)(=O)=O. The van der Waals surface area contributed by atoms with Crippen LogP contribution in [0.15, 0.2) is 42.5 Å². The van der Waals surface area contributed by atoms with Crippen molar-refractivity contribution in [2.75, 3.05) is 29.1 Å². The fourth-order valence-electron chi connectivity index (χ4n) is 3.41. The Morgan fingerprint density at radius 1 is 1.06 bits per heavy atom. The molecule has 2 atom stereocenters. The Balaban J connectivity index is 1.87. The minimum atomic E-state index is -3.83. The topological polar surface area (TPSA) is 114 Å². The third-order valence-electron chi connectivity index (χ3n) is 5.29. The van der Waals surface area contributed by atoms with E-state index in [1.807, 2.05) is 13.8 Å². The van der Waals surface area contributed by atoms with Crippen LogP contribution in [0.1, 0.15) is 37.6 Å². The number of carbonyl (C=O) groups excluding carboxylic acids is 2. The molecule has 0 radical (unpaired) electrons. The summed E-state index contributed by atoms with van der Waals surface area (Å²) in [6.07, 6.45) is 1.79. The molecule has 2 aromatic rings. The highest BCUT2D eigenvalue weighted by molar-refractivity contribution is 7.92. The fraction of sp³-hybridized carbons (Fsp3) is 0.391. The second-order valence-electron chi connectivity index (χ2n) is 7.88. The molecule has 178 valence electrons. The number of anilines is 2. The lowest BCUT2D eigenvalue weighted by Gasteiger charge is -2.29. The van der Waals surface area contributed by atoms with E-state index in [2.05, 4.69) is 10.6 Å². The average molecular weight is 476 g/mol. The predicted octanol–water partition coefficient (Wildman–Crippen LogP) is 2.78. The van der Waals surface area contributed by atoms with Gasteiger partial charge in [-0.25, -0.2) is 8.42 Å². The second-order valence-corrected chi connectivity index (χ2v) is 9.74. The number of amides is 2. The van der Waals surface area contributed by atoms with E-state index >= 15 is 0 Å². The summed E-state index contributed by atoms with van der Waals surface area (Å²) >= 11 is 0. The number of sulfonamides is 1. The van der Waals surface area contributed by atoms with E-state index in [-0.39, 0.29) is 17.6 Å². The van der Waals surface area contributed by atoms with Gasteiger partial charge in [0.05, 0.1) is 23.2 Å². The molecule has 2 aromatic carbocycles.